The largest absolute Gasteiger partial charge is 0.492 e. The fourth-order valence-corrected chi connectivity index (χ4v) is 3.96. The number of aryl methyl sites for hydroxylation is 1. The summed E-state index contributed by atoms with van der Waals surface area (Å²) in [5.41, 5.74) is 2.45. The molecule has 2 amide bonds. The quantitative estimate of drug-likeness (QED) is 0.368. The first-order valence-electron chi connectivity index (χ1n) is 12.4. The third kappa shape index (κ3) is 7.03. The maximum Gasteiger partial charge on any atom is 0.416 e. The maximum atomic E-state index is 12.9. The van der Waals surface area contributed by atoms with Crippen LogP contribution in [0.15, 0.2) is 72.8 Å². The van der Waals surface area contributed by atoms with Crippen molar-refractivity contribution in [1.82, 2.24) is 4.90 Å². The van der Waals surface area contributed by atoms with Crippen LogP contribution in [0.3, 0.4) is 0 Å². The summed E-state index contributed by atoms with van der Waals surface area (Å²) in [5.74, 6) is 1.04. The van der Waals surface area contributed by atoms with Crippen molar-refractivity contribution < 1.29 is 33.3 Å². The SMILES string of the molecule is CCOC(=O)CN(Cc1ccc(OCCN2C(=O)COc3ccccc32)cc1)C(=O)Oc1cccc(C)c1. The van der Waals surface area contributed by atoms with Gasteiger partial charge in [0.25, 0.3) is 5.91 Å². The molecule has 0 radical (unpaired) electrons. The van der Waals surface area contributed by atoms with Gasteiger partial charge < -0.3 is 23.8 Å². The third-order valence-electron chi connectivity index (χ3n) is 5.77. The van der Waals surface area contributed by atoms with Gasteiger partial charge in [-0.1, -0.05) is 36.4 Å². The van der Waals surface area contributed by atoms with Crippen molar-refractivity contribution in [3.05, 3.63) is 83.9 Å². The number of nitrogens with zero attached hydrogens (tertiary/aromatic N) is 2. The molecule has 1 aliphatic heterocycles. The highest BCUT2D eigenvalue weighted by molar-refractivity contribution is 5.97. The molecule has 4 rings (SSSR count). The third-order valence-corrected chi connectivity index (χ3v) is 5.77. The van der Waals surface area contributed by atoms with Gasteiger partial charge in [-0.15, -0.1) is 0 Å². The van der Waals surface area contributed by atoms with Gasteiger partial charge in [0.15, 0.2) is 6.61 Å². The van der Waals surface area contributed by atoms with Crippen LogP contribution in [0.25, 0.3) is 0 Å². The lowest BCUT2D eigenvalue weighted by Crippen LogP contribution is -2.41. The van der Waals surface area contributed by atoms with E-state index in [1.807, 2.05) is 49.4 Å². The number of fused-ring (bicyclic) bond motifs is 1. The zero-order valence-electron chi connectivity index (χ0n) is 21.4. The van der Waals surface area contributed by atoms with Gasteiger partial charge in [-0.25, -0.2) is 4.79 Å². The Hall–Kier alpha value is -4.53. The van der Waals surface area contributed by atoms with Crippen LogP contribution in [0.1, 0.15) is 18.1 Å². The Morgan fingerprint density at radius 2 is 1.79 bits per heavy atom. The molecule has 3 aromatic rings. The first kappa shape index (κ1) is 26.5. The van der Waals surface area contributed by atoms with E-state index in [9.17, 15) is 14.4 Å². The minimum Gasteiger partial charge on any atom is -0.492 e. The summed E-state index contributed by atoms with van der Waals surface area (Å²) in [4.78, 5) is 40.3. The fourth-order valence-electron chi connectivity index (χ4n) is 3.96. The number of para-hydroxylation sites is 2. The second-order valence-electron chi connectivity index (χ2n) is 8.64. The van der Waals surface area contributed by atoms with Gasteiger partial charge in [-0.05, 0) is 61.4 Å². The van der Waals surface area contributed by atoms with Crippen LogP contribution >= 0.6 is 0 Å². The number of rotatable bonds is 10. The Kier molecular flexibility index (Phi) is 8.81. The van der Waals surface area contributed by atoms with E-state index in [2.05, 4.69) is 0 Å². The molecule has 0 aliphatic carbocycles. The van der Waals surface area contributed by atoms with Crippen molar-refractivity contribution in [2.75, 3.05) is 37.8 Å². The molecule has 198 valence electrons. The lowest BCUT2D eigenvalue weighted by atomic mass is 10.2. The average molecular weight is 519 g/mol. The molecule has 0 unspecified atom stereocenters. The molecular formula is C29H30N2O7. The summed E-state index contributed by atoms with van der Waals surface area (Å²) in [5, 5.41) is 0. The second-order valence-corrected chi connectivity index (χ2v) is 8.64. The number of carbonyl (C=O) groups excluding carboxylic acids is 3. The summed E-state index contributed by atoms with van der Waals surface area (Å²) in [7, 11) is 0. The normalized spacial score (nSPS) is 12.3. The number of ether oxygens (including phenoxy) is 4. The van der Waals surface area contributed by atoms with Crippen LogP contribution in [0.4, 0.5) is 10.5 Å². The number of amides is 2. The molecule has 0 N–H and O–H groups in total. The van der Waals surface area contributed by atoms with Crippen molar-refractivity contribution in [3.8, 4) is 17.2 Å². The van der Waals surface area contributed by atoms with E-state index in [0.717, 1.165) is 16.8 Å². The fraction of sp³-hybridized carbons (Fsp3) is 0.276. The molecule has 0 bridgehead atoms. The van der Waals surface area contributed by atoms with Crippen molar-refractivity contribution in [1.29, 1.82) is 0 Å². The van der Waals surface area contributed by atoms with E-state index in [4.69, 9.17) is 18.9 Å². The molecule has 0 saturated carbocycles. The molecule has 0 spiro atoms. The van der Waals surface area contributed by atoms with Crippen LogP contribution in [0, 0.1) is 6.92 Å². The predicted octanol–water partition coefficient (Wildman–Crippen LogP) is 4.36. The Balaban J connectivity index is 1.35. The summed E-state index contributed by atoms with van der Waals surface area (Å²) >= 11 is 0. The van der Waals surface area contributed by atoms with Crippen LogP contribution in [-0.4, -0.2) is 55.8 Å². The van der Waals surface area contributed by atoms with E-state index >= 15 is 0 Å². The van der Waals surface area contributed by atoms with Crippen molar-refractivity contribution in [3.63, 3.8) is 0 Å². The minimum atomic E-state index is -0.653. The average Bonchev–Trinajstić information content (AvgIpc) is 2.90. The van der Waals surface area contributed by atoms with E-state index in [0.29, 0.717) is 23.8 Å². The number of carbonyl (C=O) groups is 3. The van der Waals surface area contributed by atoms with Gasteiger partial charge in [-0.2, -0.15) is 0 Å². The second kappa shape index (κ2) is 12.6. The highest BCUT2D eigenvalue weighted by atomic mass is 16.6. The summed E-state index contributed by atoms with van der Waals surface area (Å²) in [6.45, 7) is 4.38. The summed E-state index contributed by atoms with van der Waals surface area (Å²) < 4.78 is 21.8. The molecule has 1 aliphatic rings. The van der Waals surface area contributed by atoms with Gasteiger partial charge >= 0.3 is 12.1 Å². The van der Waals surface area contributed by atoms with Crippen molar-refractivity contribution in [2.24, 2.45) is 0 Å². The number of anilines is 1. The molecule has 1 heterocycles. The van der Waals surface area contributed by atoms with E-state index in [1.165, 1.54) is 4.90 Å². The Morgan fingerprint density at radius 1 is 1.00 bits per heavy atom. The highest BCUT2D eigenvalue weighted by Crippen LogP contribution is 2.31. The molecule has 38 heavy (non-hydrogen) atoms. The summed E-state index contributed by atoms with van der Waals surface area (Å²) in [6.07, 6.45) is -0.653. The molecule has 9 heteroatoms. The smallest absolute Gasteiger partial charge is 0.416 e. The Bertz CT molecular complexity index is 1280. The van der Waals surface area contributed by atoms with Crippen LogP contribution in [0.2, 0.25) is 0 Å². The van der Waals surface area contributed by atoms with E-state index in [1.54, 1.807) is 42.2 Å². The minimum absolute atomic E-state index is 0.000321. The Labute approximate surface area is 221 Å². The van der Waals surface area contributed by atoms with Crippen LogP contribution in [-0.2, 0) is 20.9 Å². The van der Waals surface area contributed by atoms with Crippen LogP contribution in [0.5, 0.6) is 17.2 Å². The number of esters is 1. The number of hydrogen-bond donors (Lipinski definition) is 0. The standard InChI is InChI=1S/C29H30N2O7/c1-3-35-28(33)19-30(29(34)38-24-8-6-7-21(2)17-24)18-22-11-13-23(14-12-22)36-16-15-31-25-9-4-5-10-26(25)37-20-27(31)32/h4-14,17H,3,15-16,18-20H2,1-2H3. The molecule has 0 fully saturated rings. The lowest BCUT2D eigenvalue weighted by molar-refractivity contribution is -0.144. The summed E-state index contributed by atoms with van der Waals surface area (Å²) in [6, 6.07) is 21.7. The highest BCUT2D eigenvalue weighted by Gasteiger charge is 2.25. The topological polar surface area (TPSA) is 94.6 Å². The van der Waals surface area contributed by atoms with E-state index < -0.39 is 12.1 Å². The van der Waals surface area contributed by atoms with Gasteiger partial charge in [0, 0.05) is 6.54 Å². The van der Waals surface area contributed by atoms with Crippen LogP contribution < -0.4 is 19.1 Å². The molecule has 0 saturated heterocycles. The van der Waals surface area contributed by atoms with Gasteiger partial charge in [0.2, 0.25) is 0 Å². The molecule has 3 aromatic carbocycles. The number of hydrogen-bond acceptors (Lipinski definition) is 7. The monoisotopic (exact) mass is 518 g/mol. The zero-order valence-corrected chi connectivity index (χ0v) is 21.4. The van der Waals surface area contributed by atoms with E-state index in [-0.39, 0.29) is 38.8 Å². The zero-order chi connectivity index (χ0) is 26.9. The predicted molar refractivity (Wildman–Crippen MR) is 140 cm³/mol. The number of benzene rings is 3. The molecule has 9 nitrogen and oxygen atoms in total. The van der Waals surface area contributed by atoms with Crippen molar-refractivity contribution in [2.45, 2.75) is 20.4 Å². The van der Waals surface area contributed by atoms with Gasteiger partial charge in [0.05, 0.1) is 18.8 Å². The first-order valence-corrected chi connectivity index (χ1v) is 12.4. The molecular weight excluding hydrogens is 488 g/mol. The molecule has 0 aromatic heterocycles. The molecule has 0 atom stereocenters. The maximum absolute atomic E-state index is 12.9. The van der Waals surface area contributed by atoms with Gasteiger partial charge in [0.1, 0.15) is 30.4 Å². The van der Waals surface area contributed by atoms with Crippen molar-refractivity contribution >= 4 is 23.7 Å². The Morgan fingerprint density at radius 3 is 2.55 bits per heavy atom. The lowest BCUT2D eigenvalue weighted by Gasteiger charge is -2.29. The first-order chi connectivity index (χ1) is 18.4. The van der Waals surface area contributed by atoms with Gasteiger partial charge in [-0.3, -0.25) is 14.5 Å².